The fourth-order valence-electron chi connectivity index (χ4n) is 2.97. The Hall–Kier alpha value is -2.83. The number of H-pyrrole nitrogens is 1. The molecule has 1 fully saturated rings. The van der Waals surface area contributed by atoms with E-state index in [9.17, 15) is 14.4 Å². The summed E-state index contributed by atoms with van der Waals surface area (Å²) >= 11 is 0. The SMILES string of the molecule is CC(OC(=O)c1cc2ccccc2[nH]1)C(=O)NC(=O)NC1CCCC1. The zero-order valence-electron chi connectivity index (χ0n) is 14.0. The first-order valence-corrected chi connectivity index (χ1v) is 8.43. The molecule has 3 amide bonds. The zero-order chi connectivity index (χ0) is 17.8. The number of urea groups is 1. The molecule has 2 aromatic rings. The molecule has 0 radical (unpaired) electrons. The third-order valence-electron chi connectivity index (χ3n) is 4.33. The third kappa shape index (κ3) is 4.17. The Kier molecular flexibility index (Phi) is 5.02. The normalized spacial score (nSPS) is 15.7. The van der Waals surface area contributed by atoms with Gasteiger partial charge in [0.1, 0.15) is 5.69 Å². The van der Waals surface area contributed by atoms with Crippen molar-refractivity contribution in [3.63, 3.8) is 0 Å². The van der Waals surface area contributed by atoms with Crippen molar-refractivity contribution in [3.8, 4) is 0 Å². The van der Waals surface area contributed by atoms with Crippen molar-refractivity contribution in [2.24, 2.45) is 0 Å². The van der Waals surface area contributed by atoms with Crippen LogP contribution >= 0.6 is 0 Å². The molecule has 0 spiro atoms. The van der Waals surface area contributed by atoms with Crippen molar-refractivity contribution in [1.29, 1.82) is 0 Å². The number of carbonyl (C=O) groups is 3. The van der Waals surface area contributed by atoms with Crippen LogP contribution in [-0.2, 0) is 9.53 Å². The predicted molar refractivity (Wildman–Crippen MR) is 92.1 cm³/mol. The zero-order valence-corrected chi connectivity index (χ0v) is 14.0. The second kappa shape index (κ2) is 7.38. The first-order valence-electron chi connectivity index (χ1n) is 8.43. The lowest BCUT2D eigenvalue weighted by Crippen LogP contribution is -2.47. The lowest BCUT2D eigenvalue weighted by molar-refractivity contribution is -0.127. The number of hydrogen-bond acceptors (Lipinski definition) is 4. The molecule has 1 heterocycles. The number of aromatic amines is 1. The van der Waals surface area contributed by atoms with Crippen molar-refractivity contribution < 1.29 is 19.1 Å². The van der Waals surface area contributed by atoms with E-state index in [0.717, 1.165) is 36.6 Å². The highest BCUT2D eigenvalue weighted by atomic mass is 16.5. The van der Waals surface area contributed by atoms with Crippen LogP contribution in [0.4, 0.5) is 4.79 Å². The summed E-state index contributed by atoms with van der Waals surface area (Å²) in [6, 6.07) is 8.65. The van der Waals surface area contributed by atoms with Crippen molar-refractivity contribution >= 4 is 28.8 Å². The van der Waals surface area contributed by atoms with Gasteiger partial charge in [0.25, 0.3) is 5.91 Å². The van der Waals surface area contributed by atoms with Crippen molar-refractivity contribution in [2.45, 2.75) is 44.8 Å². The Morgan fingerprint density at radius 1 is 1.20 bits per heavy atom. The number of amides is 3. The average Bonchev–Trinajstić information content (AvgIpc) is 3.23. The number of aromatic nitrogens is 1. The number of nitrogens with one attached hydrogen (secondary N) is 3. The van der Waals surface area contributed by atoms with Crippen LogP contribution in [0.2, 0.25) is 0 Å². The monoisotopic (exact) mass is 343 g/mol. The van der Waals surface area contributed by atoms with Gasteiger partial charge in [-0.05, 0) is 31.9 Å². The molecule has 1 aliphatic carbocycles. The highest BCUT2D eigenvalue weighted by molar-refractivity contribution is 5.99. The predicted octanol–water partition coefficient (Wildman–Crippen LogP) is 2.48. The van der Waals surface area contributed by atoms with Gasteiger partial charge in [-0.1, -0.05) is 31.0 Å². The van der Waals surface area contributed by atoms with Gasteiger partial charge in [0.05, 0.1) is 0 Å². The Bertz CT molecular complexity index is 759. The second-order valence-corrected chi connectivity index (χ2v) is 6.26. The van der Waals surface area contributed by atoms with Crippen LogP contribution in [0.5, 0.6) is 0 Å². The summed E-state index contributed by atoms with van der Waals surface area (Å²) in [4.78, 5) is 38.9. The number of ether oxygens (including phenoxy) is 1. The van der Waals surface area contributed by atoms with E-state index < -0.39 is 24.0 Å². The number of rotatable bonds is 4. The maximum absolute atomic E-state index is 12.2. The molecule has 1 unspecified atom stereocenters. The standard InChI is InChI=1S/C18H21N3O4/c1-11(16(22)21-18(24)19-13-7-3-4-8-13)25-17(23)15-10-12-6-2-5-9-14(12)20-15/h2,5-6,9-11,13,20H,3-4,7-8H2,1H3,(H2,19,21,22,24). The molecule has 0 saturated heterocycles. The molecule has 1 saturated carbocycles. The number of fused-ring (bicyclic) bond motifs is 1. The molecule has 132 valence electrons. The maximum Gasteiger partial charge on any atom is 0.355 e. The smallest absolute Gasteiger partial charge is 0.355 e. The van der Waals surface area contributed by atoms with E-state index in [1.165, 1.54) is 6.92 Å². The molecule has 3 N–H and O–H groups in total. The lowest BCUT2D eigenvalue weighted by Gasteiger charge is -2.15. The fourth-order valence-corrected chi connectivity index (χ4v) is 2.97. The highest BCUT2D eigenvalue weighted by Gasteiger charge is 2.23. The van der Waals surface area contributed by atoms with E-state index in [2.05, 4.69) is 15.6 Å². The van der Waals surface area contributed by atoms with Gasteiger partial charge in [-0.15, -0.1) is 0 Å². The summed E-state index contributed by atoms with van der Waals surface area (Å²) in [5.74, 6) is -1.30. The van der Waals surface area contributed by atoms with Crippen molar-refractivity contribution in [2.75, 3.05) is 0 Å². The molecule has 25 heavy (non-hydrogen) atoms. The minimum atomic E-state index is -1.08. The van der Waals surface area contributed by atoms with Gasteiger partial charge in [0, 0.05) is 16.9 Å². The van der Waals surface area contributed by atoms with Gasteiger partial charge in [0.15, 0.2) is 6.10 Å². The topological polar surface area (TPSA) is 100 Å². The third-order valence-corrected chi connectivity index (χ3v) is 4.33. The summed E-state index contributed by atoms with van der Waals surface area (Å²) in [5.41, 5.74) is 1.07. The average molecular weight is 343 g/mol. The maximum atomic E-state index is 12.2. The van der Waals surface area contributed by atoms with E-state index in [0.29, 0.717) is 0 Å². The van der Waals surface area contributed by atoms with Crippen molar-refractivity contribution in [1.82, 2.24) is 15.6 Å². The van der Waals surface area contributed by atoms with Crippen molar-refractivity contribution in [3.05, 3.63) is 36.0 Å². The number of carbonyl (C=O) groups excluding carboxylic acids is 3. The Labute approximate surface area is 145 Å². The van der Waals surface area contributed by atoms with E-state index in [1.54, 1.807) is 6.07 Å². The van der Waals surface area contributed by atoms with Gasteiger partial charge in [0.2, 0.25) is 0 Å². The first-order chi connectivity index (χ1) is 12.0. The molecule has 7 nitrogen and oxygen atoms in total. The molecule has 7 heteroatoms. The minimum Gasteiger partial charge on any atom is -0.448 e. The molecule has 1 atom stereocenters. The quantitative estimate of drug-likeness (QED) is 0.743. The van der Waals surface area contributed by atoms with Crippen LogP contribution in [0, 0.1) is 0 Å². The van der Waals surface area contributed by atoms with Crippen LogP contribution in [0.25, 0.3) is 10.9 Å². The summed E-state index contributed by atoms with van der Waals surface area (Å²) in [6.45, 7) is 1.43. The van der Waals surface area contributed by atoms with Gasteiger partial charge in [-0.25, -0.2) is 9.59 Å². The largest absolute Gasteiger partial charge is 0.448 e. The Morgan fingerprint density at radius 3 is 2.64 bits per heavy atom. The van der Waals surface area contributed by atoms with E-state index in [1.807, 2.05) is 24.3 Å². The summed E-state index contributed by atoms with van der Waals surface area (Å²) in [6.07, 6.45) is 2.93. The molecule has 1 aromatic carbocycles. The molecule has 1 aliphatic rings. The number of hydrogen-bond donors (Lipinski definition) is 3. The Morgan fingerprint density at radius 2 is 1.92 bits per heavy atom. The first kappa shape index (κ1) is 17.0. The van der Waals surface area contributed by atoms with E-state index >= 15 is 0 Å². The lowest BCUT2D eigenvalue weighted by atomic mass is 10.2. The summed E-state index contributed by atoms with van der Waals surface area (Å²) in [7, 11) is 0. The molecule has 1 aromatic heterocycles. The van der Waals surface area contributed by atoms with Gasteiger partial charge in [-0.2, -0.15) is 0 Å². The molecular formula is C18H21N3O4. The van der Waals surface area contributed by atoms with E-state index in [4.69, 9.17) is 4.74 Å². The number of para-hydroxylation sites is 1. The van der Waals surface area contributed by atoms with Gasteiger partial charge in [-0.3, -0.25) is 10.1 Å². The number of benzene rings is 1. The van der Waals surface area contributed by atoms with Gasteiger partial charge >= 0.3 is 12.0 Å². The van der Waals surface area contributed by atoms with E-state index in [-0.39, 0.29) is 11.7 Å². The number of imide groups is 1. The summed E-state index contributed by atoms with van der Waals surface area (Å²) < 4.78 is 5.14. The number of esters is 1. The molecule has 0 bridgehead atoms. The van der Waals surface area contributed by atoms with Crippen LogP contribution in [0.3, 0.4) is 0 Å². The van der Waals surface area contributed by atoms with Gasteiger partial charge < -0.3 is 15.0 Å². The van der Waals surface area contributed by atoms with Crippen LogP contribution < -0.4 is 10.6 Å². The molecular weight excluding hydrogens is 322 g/mol. The minimum absolute atomic E-state index is 0.108. The van der Waals surface area contributed by atoms with Crippen LogP contribution in [0.15, 0.2) is 30.3 Å². The fraction of sp³-hybridized carbons (Fsp3) is 0.389. The van der Waals surface area contributed by atoms with Crippen LogP contribution in [-0.4, -0.2) is 35.0 Å². The second-order valence-electron chi connectivity index (χ2n) is 6.26. The molecule has 3 rings (SSSR count). The Balaban J connectivity index is 1.53. The molecule has 0 aliphatic heterocycles. The highest BCUT2D eigenvalue weighted by Crippen LogP contribution is 2.17. The summed E-state index contributed by atoms with van der Waals surface area (Å²) in [5, 5.41) is 5.84. The van der Waals surface area contributed by atoms with Crippen LogP contribution in [0.1, 0.15) is 43.1 Å².